The van der Waals surface area contributed by atoms with Gasteiger partial charge in [0.05, 0.1) is 7.11 Å². The molecule has 3 nitrogen and oxygen atoms in total. The van der Waals surface area contributed by atoms with Crippen LogP contribution in [0.4, 0.5) is 0 Å². The number of thiophene rings is 1. The van der Waals surface area contributed by atoms with Gasteiger partial charge in [0.2, 0.25) is 0 Å². The minimum absolute atomic E-state index is 0.201. The van der Waals surface area contributed by atoms with Crippen molar-refractivity contribution in [3.05, 3.63) is 28.1 Å². The van der Waals surface area contributed by atoms with Gasteiger partial charge in [-0.15, -0.1) is 11.3 Å². The van der Waals surface area contributed by atoms with Gasteiger partial charge >= 0.3 is 5.97 Å². The standard InChI is InChI=1S/C10H11NO2S/c1-13-10(12)7-11-4-2-9-8(6-11)3-5-14-9/h2-5H,6-7H2,1H3. The smallest absolute Gasteiger partial charge is 0.325 e. The summed E-state index contributed by atoms with van der Waals surface area (Å²) in [6, 6.07) is 2.09. The highest BCUT2D eigenvalue weighted by Gasteiger charge is 2.13. The predicted octanol–water partition coefficient (Wildman–Crippen LogP) is 1.71. The Morgan fingerprint density at radius 3 is 3.36 bits per heavy atom. The summed E-state index contributed by atoms with van der Waals surface area (Å²) in [5.74, 6) is -0.201. The third-order valence-corrected chi connectivity index (χ3v) is 3.08. The van der Waals surface area contributed by atoms with Crippen molar-refractivity contribution in [2.75, 3.05) is 13.7 Å². The molecule has 2 rings (SSSR count). The minimum atomic E-state index is -0.201. The summed E-state index contributed by atoms with van der Waals surface area (Å²) in [6.07, 6.45) is 3.97. The first-order valence-corrected chi connectivity index (χ1v) is 5.23. The second-order valence-electron chi connectivity index (χ2n) is 3.11. The van der Waals surface area contributed by atoms with Gasteiger partial charge in [0, 0.05) is 17.6 Å². The fourth-order valence-corrected chi connectivity index (χ4v) is 2.21. The van der Waals surface area contributed by atoms with Gasteiger partial charge in [-0.05, 0) is 23.1 Å². The normalized spacial score (nSPS) is 13.9. The van der Waals surface area contributed by atoms with E-state index in [0.717, 1.165) is 6.54 Å². The van der Waals surface area contributed by atoms with Crippen LogP contribution >= 0.6 is 11.3 Å². The van der Waals surface area contributed by atoms with Crippen LogP contribution in [0.5, 0.6) is 0 Å². The summed E-state index contributed by atoms with van der Waals surface area (Å²) in [6.45, 7) is 1.12. The SMILES string of the molecule is COC(=O)CN1C=Cc2sccc2C1. The van der Waals surface area contributed by atoms with Crippen LogP contribution in [0.1, 0.15) is 10.4 Å². The molecule has 0 bridgehead atoms. The number of methoxy groups -OCH3 is 1. The van der Waals surface area contributed by atoms with Crippen molar-refractivity contribution in [2.24, 2.45) is 0 Å². The van der Waals surface area contributed by atoms with Crippen molar-refractivity contribution in [1.29, 1.82) is 0 Å². The highest BCUT2D eigenvalue weighted by atomic mass is 32.1. The van der Waals surface area contributed by atoms with Gasteiger partial charge < -0.3 is 9.64 Å². The summed E-state index contributed by atoms with van der Waals surface area (Å²) in [5, 5.41) is 2.07. The molecule has 0 unspecified atom stereocenters. The van der Waals surface area contributed by atoms with Gasteiger partial charge in [0.15, 0.2) is 0 Å². The second kappa shape index (κ2) is 3.84. The van der Waals surface area contributed by atoms with E-state index < -0.39 is 0 Å². The van der Waals surface area contributed by atoms with E-state index in [1.54, 1.807) is 11.3 Å². The lowest BCUT2D eigenvalue weighted by Crippen LogP contribution is -2.26. The molecule has 0 fully saturated rings. The van der Waals surface area contributed by atoms with Crippen molar-refractivity contribution in [1.82, 2.24) is 4.90 Å². The Labute approximate surface area is 86.6 Å². The molecule has 1 aliphatic heterocycles. The molecule has 1 aromatic heterocycles. The molecule has 0 aromatic carbocycles. The fourth-order valence-electron chi connectivity index (χ4n) is 1.41. The van der Waals surface area contributed by atoms with Crippen molar-refractivity contribution in [3.63, 3.8) is 0 Å². The van der Waals surface area contributed by atoms with E-state index in [2.05, 4.69) is 16.2 Å². The van der Waals surface area contributed by atoms with Crippen LogP contribution in [0.3, 0.4) is 0 Å². The Morgan fingerprint density at radius 1 is 1.71 bits per heavy atom. The summed E-state index contributed by atoms with van der Waals surface area (Å²) in [7, 11) is 1.41. The van der Waals surface area contributed by atoms with E-state index in [0.29, 0.717) is 6.54 Å². The third-order valence-electron chi connectivity index (χ3n) is 2.15. The zero-order chi connectivity index (χ0) is 9.97. The van der Waals surface area contributed by atoms with Gasteiger partial charge in [0.25, 0.3) is 0 Å². The van der Waals surface area contributed by atoms with Crippen LogP contribution in [-0.2, 0) is 16.1 Å². The van der Waals surface area contributed by atoms with Gasteiger partial charge in [-0.3, -0.25) is 4.79 Å². The molecule has 1 aliphatic rings. The lowest BCUT2D eigenvalue weighted by Gasteiger charge is -2.21. The number of hydrogen-bond acceptors (Lipinski definition) is 4. The quantitative estimate of drug-likeness (QED) is 0.694. The van der Waals surface area contributed by atoms with Crippen molar-refractivity contribution < 1.29 is 9.53 Å². The van der Waals surface area contributed by atoms with Crippen molar-refractivity contribution in [3.8, 4) is 0 Å². The van der Waals surface area contributed by atoms with Gasteiger partial charge in [-0.25, -0.2) is 0 Å². The Balaban J connectivity index is 2.04. The van der Waals surface area contributed by atoms with Crippen molar-refractivity contribution >= 4 is 23.4 Å². The number of nitrogens with zero attached hydrogens (tertiary/aromatic N) is 1. The molecule has 0 atom stereocenters. The zero-order valence-electron chi connectivity index (χ0n) is 7.90. The molecule has 0 radical (unpaired) electrons. The van der Waals surface area contributed by atoms with Crippen LogP contribution in [0.2, 0.25) is 0 Å². The number of carbonyl (C=O) groups excluding carboxylic acids is 1. The first-order valence-electron chi connectivity index (χ1n) is 4.35. The van der Waals surface area contributed by atoms with Gasteiger partial charge in [-0.2, -0.15) is 0 Å². The average Bonchev–Trinajstić information content (AvgIpc) is 2.64. The largest absolute Gasteiger partial charge is 0.468 e. The van der Waals surface area contributed by atoms with Crippen LogP contribution in [0.25, 0.3) is 6.08 Å². The number of rotatable bonds is 2. The maximum Gasteiger partial charge on any atom is 0.325 e. The molecule has 14 heavy (non-hydrogen) atoms. The van der Waals surface area contributed by atoms with Crippen LogP contribution < -0.4 is 0 Å². The van der Waals surface area contributed by atoms with E-state index in [1.165, 1.54) is 17.6 Å². The highest BCUT2D eigenvalue weighted by Crippen LogP contribution is 2.24. The zero-order valence-corrected chi connectivity index (χ0v) is 8.71. The second-order valence-corrected chi connectivity index (χ2v) is 4.05. The lowest BCUT2D eigenvalue weighted by molar-refractivity contribution is -0.141. The summed E-state index contributed by atoms with van der Waals surface area (Å²) in [5.41, 5.74) is 1.28. The minimum Gasteiger partial charge on any atom is -0.468 e. The molecule has 4 heteroatoms. The monoisotopic (exact) mass is 209 g/mol. The maximum atomic E-state index is 11.0. The topological polar surface area (TPSA) is 29.5 Å². The van der Waals surface area contributed by atoms with E-state index in [9.17, 15) is 4.79 Å². The highest BCUT2D eigenvalue weighted by molar-refractivity contribution is 7.11. The lowest BCUT2D eigenvalue weighted by atomic mass is 10.2. The number of ether oxygens (including phenoxy) is 1. The Kier molecular flexibility index (Phi) is 2.54. The van der Waals surface area contributed by atoms with Gasteiger partial charge in [-0.1, -0.05) is 0 Å². The summed E-state index contributed by atoms with van der Waals surface area (Å²) in [4.78, 5) is 14.3. The van der Waals surface area contributed by atoms with E-state index in [-0.39, 0.29) is 5.97 Å². The number of carbonyl (C=O) groups is 1. The Hall–Kier alpha value is -1.29. The summed E-state index contributed by atoms with van der Waals surface area (Å²) < 4.78 is 4.61. The number of fused-ring (bicyclic) bond motifs is 1. The molecule has 1 aromatic rings. The molecule has 0 saturated carbocycles. The third kappa shape index (κ3) is 1.80. The first kappa shape index (κ1) is 9.27. The maximum absolute atomic E-state index is 11.0. The predicted molar refractivity (Wildman–Crippen MR) is 55.8 cm³/mol. The number of esters is 1. The Morgan fingerprint density at radius 2 is 2.57 bits per heavy atom. The Bertz CT molecular complexity index is 370. The summed E-state index contributed by atoms with van der Waals surface area (Å²) >= 11 is 1.72. The molecule has 0 aliphatic carbocycles. The molecular weight excluding hydrogens is 198 g/mol. The molecule has 74 valence electrons. The van der Waals surface area contributed by atoms with Crippen LogP contribution in [0.15, 0.2) is 17.6 Å². The van der Waals surface area contributed by atoms with E-state index in [1.807, 2.05) is 17.2 Å². The van der Waals surface area contributed by atoms with Crippen LogP contribution in [0, 0.1) is 0 Å². The van der Waals surface area contributed by atoms with E-state index >= 15 is 0 Å². The fraction of sp³-hybridized carbons (Fsp3) is 0.300. The van der Waals surface area contributed by atoms with Gasteiger partial charge in [0.1, 0.15) is 6.54 Å². The van der Waals surface area contributed by atoms with E-state index in [4.69, 9.17) is 0 Å². The molecular formula is C10H11NO2S. The van der Waals surface area contributed by atoms with Crippen LogP contribution in [-0.4, -0.2) is 24.5 Å². The number of hydrogen-bond donors (Lipinski definition) is 0. The average molecular weight is 209 g/mol. The molecule has 2 heterocycles. The molecule has 0 saturated heterocycles. The molecule has 0 amide bonds. The molecule has 0 N–H and O–H groups in total. The van der Waals surface area contributed by atoms with Crippen molar-refractivity contribution in [2.45, 2.75) is 6.54 Å². The molecule has 0 spiro atoms. The first-order chi connectivity index (χ1) is 6.79.